The average molecular weight is 677 g/mol. The molecule has 3 nitrogen and oxygen atoms in total. The number of benzene rings is 7. The van der Waals surface area contributed by atoms with Gasteiger partial charge in [-0.2, -0.15) is 0 Å². The van der Waals surface area contributed by atoms with Crippen LogP contribution in [0.2, 0.25) is 0 Å². The molecule has 0 N–H and O–H groups in total. The maximum Gasteiger partial charge on any atom is 0.145 e. The van der Waals surface area contributed by atoms with Crippen LogP contribution in [0.25, 0.3) is 66.8 Å². The molecular formula is C50H32N2O. The molecule has 0 saturated heterocycles. The van der Waals surface area contributed by atoms with Crippen molar-refractivity contribution in [2.75, 3.05) is 0 Å². The Morgan fingerprint density at radius 3 is 1.89 bits per heavy atom. The summed E-state index contributed by atoms with van der Waals surface area (Å²) in [5.74, 6) is 1.81. The van der Waals surface area contributed by atoms with Crippen LogP contribution in [0, 0.1) is 0 Å². The molecule has 0 unspecified atom stereocenters. The van der Waals surface area contributed by atoms with E-state index < -0.39 is 5.41 Å². The third-order valence-corrected chi connectivity index (χ3v) is 11.9. The normalized spacial score (nSPS) is 14.5. The molecule has 0 radical (unpaired) electrons. The number of ether oxygens (including phenoxy) is 1. The molecular weight excluding hydrogens is 645 g/mol. The zero-order chi connectivity index (χ0) is 34.7. The number of aromatic nitrogens is 2. The Balaban J connectivity index is 0.980. The van der Waals surface area contributed by atoms with Gasteiger partial charge in [-0.1, -0.05) is 146 Å². The summed E-state index contributed by atoms with van der Waals surface area (Å²) in [6.07, 6.45) is 6.54. The molecule has 9 aromatic rings. The van der Waals surface area contributed by atoms with Crippen LogP contribution in [-0.2, 0) is 11.8 Å². The topological polar surface area (TPSA) is 26.5 Å². The van der Waals surface area contributed by atoms with Crippen LogP contribution in [0.1, 0.15) is 40.1 Å². The van der Waals surface area contributed by atoms with E-state index in [1.807, 2.05) is 0 Å². The Morgan fingerprint density at radius 1 is 0.509 bits per heavy atom. The second-order valence-electron chi connectivity index (χ2n) is 14.5. The Hall–Kier alpha value is -6.71. The summed E-state index contributed by atoms with van der Waals surface area (Å²) < 4.78 is 9.15. The number of rotatable bonds is 2. The molecule has 0 saturated carbocycles. The molecule has 1 spiro atoms. The predicted octanol–water partition coefficient (Wildman–Crippen LogP) is 12.4. The minimum atomic E-state index is -0.448. The maximum atomic E-state index is 6.78. The van der Waals surface area contributed by atoms with Crippen molar-refractivity contribution >= 4 is 33.4 Å². The summed E-state index contributed by atoms with van der Waals surface area (Å²) in [5.41, 5.74) is 16.4. The van der Waals surface area contributed by atoms with Gasteiger partial charge in [0, 0.05) is 21.9 Å². The van der Waals surface area contributed by atoms with Crippen LogP contribution in [0.4, 0.5) is 0 Å². The number of nitrogens with zero attached hydrogens (tertiary/aromatic N) is 2. The number of para-hydroxylation sites is 1. The van der Waals surface area contributed by atoms with Crippen molar-refractivity contribution in [1.82, 2.24) is 9.38 Å². The summed E-state index contributed by atoms with van der Waals surface area (Å²) >= 11 is 0. The third kappa shape index (κ3) is 3.86. The van der Waals surface area contributed by atoms with E-state index >= 15 is 0 Å². The van der Waals surface area contributed by atoms with Crippen molar-refractivity contribution in [3.8, 4) is 44.9 Å². The van der Waals surface area contributed by atoms with Gasteiger partial charge in [0.15, 0.2) is 0 Å². The van der Waals surface area contributed by atoms with Crippen molar-refractivity contribution in [2.24, 2.45) is 0 Å². The Morgan fingerprint density at radius 2 is 1.11 bits per heavy atom. The van der Waals surface area contributed by atoms with Crippen LogP contribution in [0.5, 0.6) is 11.5 Å². The largest absolute Gasteiger partial charge is 0.457 e. The monoisotopic (exact) mass is 676 g/mol. The molecule has 53 heavy (non-hydrogen) atoms. The fourth-order valence-corrected chi connectivity index (χ4v) is 9.61. The first kappa shape index (κ1) is 28.9. The minimum Gasteiger partial charge on any atom is -0.457 e. The van der Waals surface area contributed by atoms with E-state index in [9.17, 15) is 0 Å². The molecule has 0 amide bonds. The molecule has 0 atom stereocenters. The molecule has 248 valence electrons. The molecule has 2 aliphatic carbocycles. The standard InChI is InChI=1S/C50H32N2O/c1-2-14-39-35(11-1)38-27-25-33(29-46(38)52-45-19-9-8-18-44(45)51-49(39)52)31-21-23-32(24-22-31)34-26-28-43-48(30-34)53-47-20-10-7-17-42(47)50(43)40-15-5-3-12-36(40)37-13-4-6-16-41(37)50/h1-7,9-17,19-30H,8,18H2. The molecule has 12 rings (SSSR count). The number of pyridine rings is 1. The average Bonchev–Trinajstić information content (AvgIpc) is 3.76. The first-order valence-corrected chi connectivity index (χ1v) is 18.5. The number of hydrogen-bond acceptors (Lipinski definition) is 2. The van der Waals surface area contributed by atoms with Crippen molar-refractivity contribution in [1.29, 1.82) is 0 Å². The summed E-state index contributed by atoms with van der Waals surface area (Å²) in [6.45, 7) is 0. The van der Waals surface area contributed by atoms with Crippen LogP contribution in [0.15, 0.2) is 164 Å². The second kappa shape index (κ2) is 10.7. The molecule has 7 aromatic carbocycles. The summed E-state index contributed by atoms with van der Waals surface area (Å²) in [5, 5.41) is 3.69. The Labute approximate surface area is 307 Å². The first-order chi connectivity index (χ1) is 26.3. The molecule has 3 heteroatoms. The number of imidazole rings is 1. The van der Waals surface area contributed by atoms with E-state index in [0.29, 0.717) is 0 Å². The van der Waals surface area contributed by atoms with Crippen LogP contribution >= 0.6 is 0 Å². The number of allylic oxidation sites excluding steroid dienone is 1. The van der Waals surface area contributed by atoms with E-state index in [2.05, 4.69) is 174 Å². The van der Waals surface area contributed by atoms with Gasteiger partial charge >= 0.3 is 0 Å². The van der Waals surface area contributed by atoms with Gasteiger partial charge in [-0.05, 0) is 87.0 Å². The first-order valence-electron chi connectivity index (χ1n) is 18.5. The molecule has 0 bridgehead atoms. The summed E-state index contributed by atoms with van der Waals surface area (Å²) in [4.78, 5) is 5.17. The molecule has 0 fully saturated rings. The van der Waals surface area contributed by atoms with Crippen LogP contribution < -0.4 is 4.74 Å². The van der Waals surface area contributed by atoms with E-state index in [1.54, 1.807) is 0 Å². The SMILES string of the molecule is C1=Cc2c(nc3c4ccccc4c4ccc(-c5ccc(-c6ccc7c(c6)Oc6ccccc6C76c7ccccc7-c7ccccc76)cc5)cc4n23)CC1. The summed E-state index contributed by atoms with van der Waals surface area (Å²) in [6, 6.07) is 57.7. The van der Waals surface area contributed by atoms with E-state index in [-0.39, 0.29) is 0 Å². The highest BCUT2D eigenvalue weighted by Crippen LogP contribution is 2.62. The smallest absolute Gasteiger partial charge is 0.145 e. The number of hydrogen-bond donors (Lipinski definition) is 0. The highest BCUT2D eigenvalue weighted by Gasteiger charge is 2.50. The second-order valence-corrected chi connectivity index (χ2v) is 14.5. The quantitative estimate of drug-likeness (QED) is 0.170. The van der Waals surface area contributed by atoms with Crippen molar-refractivity contribution in [3.05, 3.63) is 197 Å². The number of aryl methyl sites for hydroxylation is 1. The highest BCUT2D eigenvalue weighted by atomic mass is 16.5. The summed E-state index contributed by atoms with van der Waals surface area (Å²) in [7, 11) is 0. The fraction of sp³-hybridized carbons (Fsp3) is 0.0600. The molecule has 3 heterocycles. The fourth-order valence-electron chi connectivity index (χ4n) is 9.61. The van der Waals surface area contributed by atoms with E-state index in [4.69, 9.17) is 9.72 Å². The lowest BCUT2D eigenvalue weighted by atomic mass is 9.66. The molecule has 3 aliphatic rings. The lowest BCUT2D eigenvalue weighted by molar-refractivity contribution is 0.436. The third-order valence-electron chi connectivity index (χ3n) is 11.9. The van der Waals surface area contributed by atoms with E-state index in [1.165, 1.54) is 77.6 Å². The van der Waals surface area contributed by atoms with Gasteiger partial charge in [-0.25, -0.2) is 4.98 Å². The maximum absolute atomic E-state index is 6.78. The van der Waals surface area contributed by atoms with Gasteiger partial charge in [0.05, 0.1) is 22.3 Å². The van der Waals surface area contributed by atoms with Gasteiger partial charge in [-0.3, -0.25) is 4.40 Å². The number of fused-ring (bicyclic) bond motifs is 17. The minimum absolute atomic E-state index is 0.448. The van der Waals surface area contributed by atoms with Gasteiger partial charge in [0.1, 0.15) is 17.1 Å². The van der Waals surface area contributed by atoms with Crippen molar-refractivity contribution in [3.63, 3.8) is 0 Å². The van der Waals surface area contributed by atoms with E-state index in [0.717, 1.165) is 41.1 Å². The predicted molar refractivity (Wildman–Crippen MR) is 216 cm³/mol. The molecule has 1 aliphatic heterocycles. The zero-order valence-corrected chi connectivity index (χ0v) is 28.9. The van der Waals surface area contributed by atoms with Gasteiger partial charge in [0.25, 0.3) is 0 Å². The van der Waals surface area contributed by atoms with Crippen LogP contribution in [-0.4, -0.2) is 9.38 Å². The zero-order valence-electron chi connectivity index (χ0n) is 28.9. The van der Waals surface area contributed by atoms with Gasteiger partial charge < -0.3 is 4.74 Å². The van der Waals surface area contributed by atoms with Crippen molar-refractivity contribution in [2.45, 2.75) is 18.3 Å². The van der Waals surface area contributed by atoms with Crippen LogP contribution in [0.3, 0.4) is 0 Å². The van der Waals surface area contributed by atoms with Gasteiger partial charge in [0.2, 0.25) is 0 Å². The lowest BCUT2D eigenvalue weighted by Gasteiger charge is -2.39. The Kier molecular flexibility index (Phi) is 5.82. The highest BCUT2D eigenvalue weighted by molar-refractivity contribution is 6.12. The van der Waals surface area contributed by atoms with Crippen molar-refractivity contribution < 1.29 is 4.74 Å². The Bertz CT molecular complexity index is 2990. The molecule has 2 aromatic heterocycles. The van der Waals surface area contributed by atoms with Gasteiger partial charge in [-0.15, -0.1) is 0 Å². The lowest BCUT2D eigenvalue weighted by Crippen LogP contribution is -2.32.